The van der Waals surface area contributed by atoms with Gasteiger partial charge in [0, 0.05) is 22.5 Å². The molecule has 4 aromatic rings. The number of thiocarbonyl (C=S) groups is 1. The van der Waals surface area contributed by atoms with Gasteiger partial charge < -0.3 is 19.7 Å². The second-order valence-corrected chi connectivity index (χ2v) is 8.47. The molecule has 0 saturated carbocycles. The number of aryl methyl sites for hydroxylation is 1. The average molecular weight is 462 g/mol. The van der Waals surface area contributed by atoms with Crippen molar-refractivity contribution < 1.29 is 9.52 Å². The summed E-state index contributed by atoms with van der Waals surface area (Å²) in [6, 6.07) is 22.1. The highest BCUT2D eigenvalue weighted by molar-refractivity contribution is 7.80. The van der Waals surface area contributed by atoms with E-state index in [9.17, 15) is 5.11 Å². The SMILES string of the molecule is Cc1ccc(-c2ccc([C@H]3[C@@H](c4ccccn4)NC(=S)N3c3ccc(O)cc3)o2)cc1Cl. The van der Waals surface area contributed by atoms with Crippen LogP contribution in [0.25, 0.3) is 11.3 Å². The summed E-state index contributed by atoms with van der Waals surface area (Å²) in [4.78, 5) is 6.55. The van der Waals surface area contributed by atoms with Gasteiger partial charge in [0.15, 0.2) is 5.11 Å². The minimum Gasteiger partial charge on any atom is -0.508 e. The van der Waals surface area contributed by atoms with Crippen molar-refractivity contribution in [3.8, 4) is 17.1 Å². The van der Waals surface area contributed by atoms with Crippen LogP contribution in [0.15, 0.2) is 83.4 Å². The number of aromatic nitrogens is 1. The molecule has 2 N–H and O–H groups in total. The van der Waals surface area contributed by atoms with Crippen LogP contribution in [0.3, 0.4) is 0 Å². The molecule has 0 spiro atoms. The lowest BCUT2D eigenvalue weighted by Crippen LogP contribution is -2.29. The normalized spacial score (nSPS) is 18.1. The molecule has 0 unspecified atom stereocenters. The lowest BCUT2D eigenvalue weighted by molar-refractivity contribution is 0.439. The lowest BCUT2D eigenvalue weighted by Gasteiger charge is -2.26. The van der Waals surface area contributed by atoms with Gasteiger partial charge in [-0.05, 0) is 79.3 Å². The zero-order chi connectivity index (χ0) is 22.2. The van der Waals surface area contributed by atoms with E-state index in [-0.39, 0.29) is 17.8 Å². The van der Waals surface area contributed by atoms with E-state index in [1.54, 1.807) is 18.3 Å². The third kappa shape index (κ3) is 3.72. The van der Waals surface area contributed by atoms with Gasteiger partial charge >= 0.3 is 0 Å². The van der Waals surface area contributed by atoms with Gasteiger partial charge in [0.1, 0.15) is 23.3 Å². The fraction of sp³-hybridized carbons (Fsp3) is 0.120. The van der Waals surface area contributed by atoms with Crippen LogP contribution in [0.5, 0.6) is 5.75 Å². The minimum atomic E-state index is -0.267. The number of halogens is 1. The largest absolute Gasteiger partial charge is 0.508 e. The molecule has 1 aliphatic rings. The van der Waals surface area contributed by atoms with Crippen LogP contribution in [-0.2, 0) is 0 Å². The van der Waals surface area contributed by atoms with Crippen molar-refractivity contribution >= 4 is 34.6 Å². The number of nitrogens with one attached hydrogen (secondary N) is 1. The van der Waals surface area contributed by atoms with E-state index in [1.807, 2.05) is 72.5 Å². The van der Waals surface area contributed by atoms with Crippen molar-refractivity contribution in [2.75, 3.05) is 4.90 Å². The molecule has 1 saturated heterocycles. The van der Waals surface area contributed by atoms with Crippen LogP contribution < -0.4 is 10.2 Å². The Labute approximate surface area is 196 Å². The molecule has 0 radical (unpaired) electrons. The molecule has 2 aromatic heterocycles. The summed E-state index contributed by atoms with van der Waals surface area (Å²) in [6.07, 6.45) is 1.77. The van der Waals surface area contributed by atoms with Crippen molar-refractivity contribution in [2.24, 2.45) is 0 Å². The number of benzene rings is 2. The Balaban J connectivity index is 1.59. The van der Waals surface area contributed by atoms with Gasteiger partial charge in [-0.15, -0.1) is 0 Å². The number of aromatic hydroxyl groups is 1. The van der Waals surface area contributed by atoms with Gasteiger partial charge in [-0.2, -0.15) is 0 Å². The Morgan fingerprint density at radius 2 is 1.88 bits per heavy atom. The van der Waals surface area contributed by atoms with E-state index in [2.05, 4.69) is 10.3 Å². The monoisotopic (exact) mass is 461 g/mol. The van der Waals surface area contributed by atoms with E-state index < -0.39 is 0 Å². The Kier molecular flexibility index (Phi) is 5.33. The molecule has 3 heterocycles. The number of nitrogens with zero attached hydrogens (tertiary/aromatic N) is 2. The van der Waals surface area contributed by atoms with Crippen LogP contribution in [0, 0.1) is 6.92 Å². The van der Waals surface area contributed by atoms with Gasteiger partial charge in [-0.3, -0.25) is 4.98 Å². The first kappa shape index (κ1) is 20.5. The van der Waals surface area contributed by atoms with Gasteiger partial charge in [-0.25, -0.2) is 0 Å². The number of hydrogen-bond donors (Lipinski definition) is 2. The van der Waals surface area contributed by atoms with Crippen LogP contribution in [0.2, 0.25) is 5.02 Å². The summed E-state index contributed by atoms with van der Waals surface area (Å²) in [7, 11) is 0. The molecule has 2 atom stereocenters. The summed E-state index contributed by atoms with van der Waals surface area (Å²) in [5, 5.41) is 14.4. The van der Waals surface area contributed by atoms with Crippen molar-refractivity contribution in [3.63, 3.8) is 0 Å². The smallest absolute Gasteiger partial charge is 0.174 e. The van der Waals surface area contributed by atoms with E-state index in [1.165, 1.54) is 0 Å². The highest BCUT2D eigenvalue weighted by atomic mass is 35.5. The minimum absolute atomic E-state index is 0.196. The van der Waals surface area contributed by atoms with Crippen LogP contribution in [-0.4, -0.2) is 15.2 Å². The summed E-state index contributed by atoms with van der Waals surface area (Å²) < 4.78 is 6.35. The van der Waals surface area contributed by atoms with E-state index in [4.69, 9.17) is 28.2 Å². The van der Waals surface area contributed by atoms with Crippen LogP contribution in [0.1, 0.15) is 29.1 Å². The van der Waals surface area contributed by atoms with E-state index in [0.29, 0.717) is 10.1 Å². The molecule has 1 fully saturated rings. The summed E-state index contributed by atoms with van der Waals surface area (Å²) in [6.45, 7) is 1.97. The Hall–Kier alpha value is -3.35. The zero-order valence-corrected chi connectivity index (χ0v) is 18.8. The highest BCUT2D eigenvalue weighted by Crippen LogP contribution is 2.43. The molecule has 7 heteroatoms. The molecule has 0 bridgehead atoms. The van der Waals surface area contributed by atoms with Crippen molar-refractivity contribution in [3.05, 3.63) is 101 Å². The topological polar surface area (TPSA) is 61.5 Å². The van der Waals surface area contributed by atoms with Gasteiger partial charge in [-0.1, -0.05) is 29.8 Å². The van der Waals surface area contributed by atoms with Crippen LogP contribution in [0.4, 0.5) is 5.69 Å². The van der Waals surface area contributed by atoms with E-state index >= 15 is 0 Å². The van der Waals surface area contributed by atoms with Crippen molar-refractivity contribution in [1.29, 1.82) is 0 Å². The molecule has 5 nitrogen and oxygen atoms in total. The molecule has 160 valence electrons. The molecule has 0 amide bonds. The average Bonchev–Trinajstić information content (AvgIpc) is 3.41. The fourth-order valence-corrected chi connectivity index (χ4v) is 4.47. The number of rotatable bonds is 4. The first-order chi connectivity index (χ1) is 15.5. The number of phenols is 1. The van der Waals surface area contributed by atoms with Gasteiger partial charge in [0.2, 0.25) is 0 Å². The lowest BCUT2D eigenvalue weighted by atomic mass is 10.0. The highest BCUT2D eigenvalue weighted by Gasteiger charge is 2.42. The number of pyridine rings is 1. The van der Waals surface area contributed by atoms with Crippen molar-refractivity contribution in [2.45, 2.75) is 19.0 Å². The summed E-state index contributed by atoms with van der Waals surface area (Å²) in [5.41, 5.74) is 3.63. The Morgan fingerprint density at radius 1 is 1.06 bits per heavy atom. The number of hydrogen-bond acceptors (Lipinski definition) is 4. The number of phenolic OH excluding ortho intramolecular Hbond substituents is 1. The molecular weight excluding hydrogens is 442 g/mol. The first-order valence-corrected chi connectivity index (χ1v) is 11.0. The van der Waals surface area contributed by atoms with Gasteiger partial charge in [0.05, 0.1) is 11.7 Å². The summed E-state index contributed by atoms with van der Waals surface area (Å²) >= 11 is 12.0. The van der Waals surface area contributed by atoms with Crippen molar-refractivity contribution in [1.82, 2.24) is 10.3 Å². The number of anilines is 1. The second-order valence-electron chi connectivity index (χ2n) is 7.68. The predicted octanol–water partition coefficient (Wildman–Crippen LogP) is 6.19. The Morgan fingerprint density at radius 3 is 2.59 bits per heavy atom. The predicted molar refractivity (Wildman–Crippen MR) is 130 cm³/mol. The third-order valence-corrected chi connectivity index (χ3v) is 6.32. The zero-order valence-electron chi connectivity index (χ0n) is 17.2. The quantitative estimate of drug-likeness (QED) is 0.353. The first-order valence-electron chi connectivity index (χ1n) is 10.2. The van der Waals surface area contributed by atoms with Crippen LogP contribution >= 0.6 is 23.8 Å². The maximum absolute atomic E-state index is 9.74. The maximum Gasteiger partial charge on any atom is 0.174 e. The molecular formula is C25H20ClN3O2S. The molecule has 2 aromatic carbocycles. The second kappa shape index (κ2) is 8.30. The third-order valence-electron chi connectivity index (χ3n) is 5.60. The molecule has 0 aliphatic carbocycles. The van der Waals surface area contributed by atoms with Gasteiger partial charge in [0.25, 0.3) is 0 Å². The fourth-order valence-electron chi connectivity index (χ4n) is 3.95. The molecule has 5 rings (SSSR count). The summed E-state index contributed by atoms with van der Waals surface area (Å²) in [5.74, 6) is 1.67. The standard InChI is InChI=1S/C25H20ClN3O2S/c1-15-5-6-16(14-19(15)26)21-11-12-22(31-21)24-23(20-4-2-3-13-27-20)28-25(32)29(24)17-7-9-18(30)10-8-17/h2-14,23-24,30H,1H3,(H,28,32)/t23-,24+/m1/s1. The number of furan rings is 1. The molecule has 32 heavy (non-hydrogen) atoms. The molecule has 1 aliphatic heterocycles. The van der Waals surface area contributed by atoms with E-state index in [0.717, 1.165) is 34.0 Å². The Bertz CT molecular complexity index is 1270. The maximum atomic E-state index is 9.74.